The third-order valence-electron chi connectivity index (χ3n) is 3.44. The second-order valence-corrected chi connectivity index (χ2v) is 7.52. The van der Waals surface area contributed by atoms with Crippen molar-refractivity contribution in [1.29, 1.82) is 0 Å². The summed E-state index contributed by atoms with van der Waals surface area (Å²) in [7, 11) is -3.72. The van der Waals surface area contributed by atoms with Gasteiger partial charge in [-0.05, 0) is 54.2 Å². The summed E-state index contributed by atoms with van der Waals surface area (Å²) in [5.74, 6) is -0.465. The van der Waals surface area contributed by atoms with Gasteiger partial charge in [-0.2, -0.15) is 4.31 Å². The molecule has 0 spiro atoms. The number of nitrogens with zero attached hydrogens (tertiary/aromatic N) is 1. The first-order valence-electron chi connectivity index (χ1n) is 6.91. The van der Waals surface area contributed by atoms with Crippen LogP contribution in [0.1, 0.15) is 26.2 Å². The van der Waals surface area contributed by atoms with E-state index in [1.807, 2.05) is 0 Å². The lowest BCUT2D eigenvalue weighted by Gasteiger charge is -2.33. The maximum absolute atomic E-state index is 12.8. The van der Waals surface area contributed by atoms with E-state index in [4.69, 9.17) is 4.74 Å². The fourth-order valence-corrected chi connectivity index (χ4v) is 5.06. The molecule has 1 aromatic rings. The van der Waals surface area contributed by atoms with Gasteiger partial charge < -0.3 is 4.74 Å². The molecule has 1 aliphatic heterocycles. The zero-order chi connectivity index (χ0) is 15.5. The lowest BCUT2D eigenvalue weighted by Crippen LogP contribution is -2.48. The lowest BCUT2D eigenvalue weighted by molar-refractivity contribution is -0.148. The summed E-state index contributed by atoms with van der Waals surface area (Å²) in [6.45, 7) is 2.30. The second-order valence-electron chi connectivity index (χ2n) is 4.81. The van der Waals surface area contributed by atoms with Crippen molar-refractivity contribution in [1.82, 2.24) is 4.31 Å². The molecule has 1 unspecified atom stereocenters. The van der Waals surface area contributed by atoms with E-state index in [0.29, 0.717) is 17.4 Å². The minimum Gasteiger partial charge on any atom is -0.465 e. The number of carbonyl (C=O) groups excluding carboxylic acids is 1. The van der Waals surface area contributed by atoms with Gasteiger partial charge in [0, 0.05) is 11.0 Å². The molecule has 0 bridgehead atoms. The van der Waals surface area contributed by atoms with Gasteiger partial charge >= 0.3 is 5.97 Å². The van der Waals surface area contributed by atoms with Gasteiger partial charge in [0.25, 0.3) is 0 Å². The van der Waals surface area contributed by atoms with Crippen LogP contribution in [0.5, 0.6) is 0 Å². The minimum absolute atomic E-state index is 0.182. The summed E-state index contributed by atoms with van der Waals surface area (Å²) in [6, 6.07) is 5.91. The Labute approximate surface area is 133 Å². The third kappa shape index (κ3) is 3.46. The van der Waals surface area contributed by atoms with E-state index < -0.39 is 22.0 Å². The van der Waals surface area contributed by atoms with Crippen molar-refractivity contribution in [2.75, 3.05) is 13.2 Å². The highest BCUT2D eigenvalue weighted by molar-refractivity contribution is 9.10. The summed E-state index contributed by atoms with van der Waals surface area (Å²) >= 11 is 3.26. The van der Waals surface area contributed by atoms with Gasteiger partial charge in [-0.15, -0.1) is 0 Å². The number of halogens is 1. The van der Waals surface area contributed by atoms with Crippen LogP contribution in [0.2, 0.25) is 0 Å². The van der Waals surface area contributed by atoms with Gasteiger partial charge in [0.05, 0.1) is 11.5 Å². The van der Waals surface area contributed by atoms with Gasteiger partial charge in [-0.25, -0.2) is 8.42 Å². The van der Waals surface area contributed by atoms with Crippen LogP contribution >= 0.6 is 15.9 Å². The third-order valence-corrected chi connectivity index (χ3v) is 6.36. The second kappa shape index (κ2) is 6.89. The summed E-state index contributed by atoms with van der Waals surface area (Å²) in [5.41, 5.74) is 0. The van der Waals surface area contributed by atoms with E-state index in [1.54, 1.807) is 25.1 Å². The number of piperidine rings is 1. The number of benzene rings is 1. The largest absolute Gasteiger partial charge is 0.465 e. The molecule has 1 fully saturated rings. The first-order chi connectivity index (χ1) is 9.98. The number of ether oxygens (including phenoxy) is 1. The Morgan fingerprint density at radius 1 is 1.38 bits per heavy atom. The standard InChI is InChI=1S/C14H18BrNO4S/c1-2-20-14(17)12-8-5-6-10-16(12)21(18,19)13-9-4-3-7-11(13)15/h3-4,7,9,12H,2,5-6,8,10H2,1H3. The van der Waals surface area contributed by atoms with Gasteiger partial charge in [-0.3, -0.25) is 4.79 Å². The molecule has 0 saturated carbocycles. The average Bonchev–Trinajstić information content (AvgIpc) is 2.48. The van der Waals surface area contributed by atoms with Crippen LogP contribution < -0.4 is 0 Å². The minimum atomic E-state index is -3.72. The molecule has 7 heteroatoms. The fraction of sp³-hybridized carbons (Fsp3) is 0.500. The quantitative estimate of drug-likeness (QED) is 0.758. The van der Waals surface area contributed by atoms with Crippen LogP contribution in [0, 0.1) is 0 Å². The fourth-order valence-electron chi connectivity index (χ4n) is 2.45. The molecule has 1 atom stereocenters. The number of rotatable bonds is 4. The molecule has 0 aliphatic carbocycles. The smallest absolute Gasteiger partial charge is 0.324 e. The Balaban J connectivity index is 2.36. The molecule has 5 nitrogen and oxygen atoms in total. The highest BCUT2D eigenvalue weighted by atomic mass is 79.9. The predicted octanol–water partition coefficient (Wildman–Crippen LogP) is 2.56. The van der Waals surface area contributed by atoms with Crippen molar-refractivity contribution in [2.45, 2.75) is 37.1 Å². The molecule has 2 rings (SSSR count). The van der Waals surface area contributed by atoms with E-state index in [-0.39, 0.29) is 11.5 Å². The Morgan fingerprint density at radius 2 is 2.10 bits per heavy atom. The molecule has 21 heavy (non-hydrogen) atoms. The van der Waals surface area contributed by atoms with Crippen LogP contribution in [0.4, 0.5) is 0 Å². The van der Waals surface area contributed by atoms with Crippen molar-refractivity contribution in [3.8, 4) is 0 Å². The molecule has 0 aromatic heterocycles. The highest BCUT2D eigenvalue weighted by Gasteiger charge is 2.39. The van der Waals surface area contributed by atoms with E-state index in [1.165, 1.54) is 10.4 Å². The maximum Gasteiger partial charge on any atom is 0.324 e. The van der Waals surface area contributed by atoms with Gasteiger partial charge in [0.15, 0.2) is 0 Å². The van der Waals surface area contributed by atoms with Crippen molar-refractivity contribution >= 4 is 31.9 Å². The van der Waals surface area contributed by atoms with Gasteiger partial charge in [0.2, 0.25) is 10.0 Å². The molecular weight excluding hydrogens is 358 g/mol. The van der Waals surface area contributed by atoms with Crippen LogP contribution in [-0.4, -0.2) is 37.9 Å². The molecular formula is C14H18BrNO4S. The SMILES string of the molecule is CCOC(=O)C1CCCCN1S(=O)(=O)c1ccccc1Br. The molecule has 0 amide bonds. The van der Waals surface area contributed by atoms with Crippen LogP contribution in [0.3, 0.4) is 0 Å². The van der Waals surface area contributed by atoms with Crippen molar-refractivity contribution in [3.05, 3.63) is 28.7 Å². The topological polar surface area (TPSA) is 63.7 Å². The van der Waals surface area contributed by atoms with Gasteiger partial charge in [-0.1, -0.05) is 12.1 Å². The first kappa shape index (κ1) is 16.5. The molecule has 1 heterocycles. The van der Waals surface area contributed by atoms with E-state index in [2.05, 4.69) is 15.9 Å². The average molecular weight is 376 g/mol. The molecule has 1 saturated heterocycles. The van der Waals surface area contributed by atoms with Gasteiger partial charge in [0.1, 0.15) is 6.04 Å². The van der Waals surface area contributed by atoms with Crippen molar-refractivity contribution in [3.63, 3.8) is 0 Å². The summed E-state index contributed by atoms with van der Waals surface area (Å²) in [5, 5.41) is 0. The van der Waals surface area contributed by atoms with Crippen LogP contribution in [-0.2, 0) is 19.6 Å². The van der Waals surface area contributed by atoms with E-state index >= 15 is 0 Å². The van der Waals surface area contributed by atoms with Crippen molar-refractivity contribution < 1.29 is 17.9 Å². The summed E-state index contributed by atoms with van der Waals surface area (Å²) in [6.07, 6.45) is 2.08. The van der Waals surface area contributed by atoms with Crippen LogP contribution in [0.15, 0.2) is 33.6 Å². The Hall–Kier alpha value is -0.920. The van der Waals surface area contributed by atoms with Crippen molar-refractivity contribution in [2.24, 2.45) is 0 Å². The van der Waals surface area contributed by atoms with E-state index in [0.717, 1.165) is 12.8 Å². The highest BCUT2D eigenvalue weighted by Crippen LogP contribution is 2.30. The Bertz CT molecular complexity index is 617. The number of carbonyl (C=O) groups is 1. The zero-order valence-corrected chi connectivity index (χ0v) is 14.2. The predicted molar refractivity (Wildman–Crippen MR) is 82.3 cm³/mol. The van der Waals surface area contributed by atoms with Crippen LogP contribution in [0.25, 0.3) is 0 Å². The normalized spacial score (nSPS) is 20.2. The van der Waals surface area contributed by atoms with E-state index in [9.17, 15) is 13.2 Å². The molecule has 0 N–H and O–H groups in total. The number of hydrogen-bond donors (Lipinski definition) is 0. The monoisotopic (exact) mass is 375 g/mol. The number of esters is 1. The molecule has 1 aliphatic rings. The first-order valence-corrected chi connectivity index (χ1v) is 9.14. The summed E-state index contributed by atoms with van der Waals surface area (Å²) < 4.78 is 32.4. The molecule has 1 aromatic carbocycles. The Morgan fingerprint density at radius 3 is 2.76 bits per heavy atom. The zero-order valence-electron chi connectivity index (χ0n) is 11.8. The lowest BCUT2D eigenvalue weighted by atomic mass is 10.1. The molecule has 116 valence electrons. The molecule has 0 radical (unpaired) electrons. The number of hydrogen-bond acceptors (Lipinski definition) is 4. The maximum atomic E-state index is 12.8. The number of sulfonamides is 1. The summed E-state index contributed by atoms with van der Waals surface area (Å²) in [4.78, 5) is 12.2. The Kier molecular flexibility index (Phi) is 5.40.